The summed E-state index contributed by atoms with van der Waals surface area (Å²) >= 11 is 0. The average Bonchev–Trinajstić information content (AvgIpc) is 2.46. The molecule has 2 rings (SSSR count). The average molecular weight is 282 g/mol. The number of nitrogens with zero attached hydrogens (tertiary/aromatic N) is 1. The lowest BCUT2D eigenvalue weighted by Gasteiger charge is -2.39. The second-order valence-electron chi connectivity index (χ2n) is 5.58. The molecule has 0 aromatic heterocycles. The maximum Gasteiger partial charge on any atom is 0.307 e. The van der Waals surface area contributed by atoms with E-state index in [9.17, 15) is 19.5 Å². The van der Waals surface area contributed by atoms with Gasteiger partial charge < -0.3 is 15.3 Å². The van der Waals surface area contributed by atoms with Crippen molar-refractivity contribution in [3.05, 3.63) is 0 Å². The molecule has 112 valence electrons. The number of carboxylic acid groups (broad SMARTS) is 1. The number of hydrogen-bond acceptors (Lipinski definition) is 3. The SMILES string of the molecule is CCC1C(=O)NCCN1C(=O)C1CCCCC1C(=O)O. The molecule has 20 heavy (non-hydrogen) atoms. The maximum atomic E-state index is 12.7. The summed E-state index contributed by atoms with van der Waals surface area (Å²) in [7, 11) is 0. The first-order chi connectivity index (χ1) is 9.56. The van der Waals surface area contributed by atoms with Crippen LogP contribution in [-0.2, 0) is 14.4 Å². The Morgan fingerprint density at radius 3 is 2.55 bits per heavy atom. The second kappa shape index (κ2) is 6.24. The lowest BCUT2D eigenvalue weighted by atomic mass is 9.78. The minimum Gasteiger partial charge on any atom is -0.481 e. The molecule has 0 aromatic carbocycles. The van der Waals surface area contributed by atoms with Crippen LogP contribution >= 0.6 is 0 Å². The van der Waals surface area contributed by atoms with Crippen LogP contribution in [0.15, 0.2) is 0 Å². The van der Waals surface area contributed by atoms with Gasteiger partial charge >= 0.3 is 5.97 Å². The number of carbonyl (C=O) groups excluding carboxylic acids is 2. The summed E-state index contributed by atoms with van der Waals surface area (Å²) in [6, 6.07) is -0.451. The molecular formula is C14H22N2O4. The summed E-state index contributed by atoms with van der Waals surface area (Å²) < 4.78 is 0. The van der Waals surface area contributed by atoms with Crippen molar-refractivity contribution in [3.8, 4) is 0 Å². The molecule has 1 aliphatic heterocycles. The minimum atomic E-state index is -0.891. The zero-order valence-corrected chi connectivity index (χ0v) is 11.8. The fourth-order valence-electron chi connectivity index (χ4n) is 3.32. The molecule has 6 nitrogen and oxygen atoms in total. The van der Waals surface area contributed by atoms with Crippen LogP contribution in [0.1, 0.15) is 39.0 Å². The molecule has 1 saturated heterocycles. The molecule has 1 aliphatic carbocycles. The number of rotatable bonds is 3. The van der Waals surface area contributed by atoms with Gasteiger partial charge in [0.1, 0.15) is 6.04 Å². The van der Waals surface area contributed by atoms with Crippen molar-refractivity contribution in [1.82, 2.24) is 10.2 Å². The molecule has 2 aliphatic rings. The van der Waals surface area contributed by atoms with Crippen molar-refractivity contribution >= 4 is 17.8 Å². The van der Waals surface area contributed by atoms with Crippen LogP contribution in [0.25, 0.3) is 0 Å². The predicted octanol–water partition coefficient (Wildman–Crippen LogP) is 0.614. The van der Waals surface area contributed by atoms with Crippen LogP contribution in [0.3, 0.4) is 0 Å². The molecule has 2 N–H and O–H groups in total. The monoisotopic (exact) mass is 282 g/mol. The Bertz CT molecular complexity index is 400. The van der Waals surface area contributed by atoms with E-state index in [0.717, 1.165) is 12.8 Å². The number of amides is 2. The summed E-state index contributed by atoms with van der Waals surface area (Å²) in [4.78, 5) is 37.4. The van der Waals surface area contributed by atoms with Crippen molar-refractivity contribution < 1.29 is 19.5 Å². The zero-order chi connectivity index (χ0) is 14.7. The van der Waals surface area contributed by atoms with E-state index in [2.05, 4.69) is 5.32 Å². The third-order valence-electron chi connectivity index (χ3n) is 4.40. The third-order valence-corrected chi connectivity index (χ3v) is 4.40. The first kappa shape index (κ1) is 14.8. The standard InChI is InChI=1S/C14H22N2O4/c1-2-11-12(17)15-7-8-16(11)13(18)9-5-3-4-6-10(9)14(19)20/h9-11H,2-8H2,1H3,(H,15,17)(H,19,20). The molecule has 0 aromatic rings. The summed E-state index contributed by atoms with van der Waals surface area (Å²) in [5.74, 6) is -2.24. The number of carbonyl (C=O) groups is 3. The number of carboxylic acids is 1. The van der Waals surface area contributed by atoms with E-state index in [1.807, 2.05) is 6.92 Å². The van der Waals surface area contributed by atoms with Gasteiger partial charge in [0.15, 0.2) is 0 Å². The Morgan fingerprint density at radius 1 is 1.30 bits per heavy atom. The molecule has 0 bridgehead atoms. The second-order valence-corrected chi connectivity index (χ2v) is 5.58. The van der Waals surface area contributed by atoms with Crippen LogP contribution in [0.5, 0.6) is 0 Å². The van der Waals surface area contributed by atoms with Gasteiger partial charge in [-0.1, -0.05) is 19.8 Å². The Balaban J connectivity index is 2.15. The number of aliphatic carboxylic acids is 1. The van der Waals surface area contributed by atoms with Gasteiger partial charge in [0.2, 0.25) is 11.8 Å². The Kier molecular flexibility index (Phi) is 4.62. The highest BCUT2D eigenvalue weighted by Crippen LogP contribution is 2.32. The Labute approximate surface area is 118 Å². The van der Waals surface area contributed by atoms with Gasteiger partial charge in [-0.2, -0.15) is 0 Å². The molecular weight excluding hydrogens is 260 g/mol. The molecule has 0 spiro atoms. The van der Waals surface area contributed by atoms with E-state index in [0.29, 0.717) is 32.4 Å². The van der Waals surface area contributed by atoms with Crippen molar-refractivity contribution in [2.75, 3.05) is 13.1 Å². The summed E-state index contributed by atoms with van der Waals surface area (Å²) in [5.41, 5.74) is 0. The van der Waals surface area contributed by atoms with Crippen LogP contribution in [0.4, 0.5) is 0 Å². The van der Waals surface area contributed by atoms with Gasteiger partial charge in [-0.05, 0) is 19.3 Å². The zero-order valence-electron chi connectivity index (χ0n) is 11.8. The van der Waals surface area contributed by atoms with Crippen LogP contribution in [-0.4, -0.2) is 46.9 Å². The molecule has 3 atom stereocenters. The third kappa shape index (κ3) is 2.78. The molecule has 2 amide bonds. The highest BCUT2D eigenvalue weighted by atomic mass is 16.4. The van der Waals surface area contributed by atoms with E-state index >= 15 is 0 Å². The van der Waals surface area contributed by atoms with Gasteiger partial charge in [-0.25, -0.2) is 0 Å². The van der Waals surface area contributed by atoms with Crippen molar-refractivity contribution in [1.29, 1.82) is 0 Å². The van der Waals surface area contributed by atoms with Crippen molar-refractivity contribution in [2.45, 2.75) is 45.1 Å². The predicted molar refractivity (Wildman–Crippen MR) is 71.9 cm³/mol. The highest BCUT2D eigenvalue weighted by Gasteiger charge is 2.41. The molecule has 1 saturated carbocycles. The number of hydrogen-bond donors (Lipinski definition) is 2. The lowest BCUT2D eigenvalue weighted by Crippen LogP contribution is -2.59. The van der Waals surface area contributed by atoms with Gasteiger partial charge in [-0.3, -0.25) is 14.4 Å². The molecule has 2 fully saturated rings. The molecule has 3 unspecified atom stereocenters. The van der Waals surface area contributed by atoms with Crippen LogP contribution in [0.2, 0.25) is 0 Å². The minimum absolute atomic E-state index is 0.130. The van der Waals surface area contributed by atoms with Gasteiger partial charge in [-0.15, -0.1) is 0 Å². The first-order valence-electron chi connectivity index (χ1n) is 7.37. The van der Waals surface area contributed by atoms with E-state index in [1.165, 1.54) is 0 Å². The van der Waals surface area contributed by atoms with E-state index < -0.39 is 23.8 Å². The Morgan fingerprint density at radius 2 is 1.95 bits per heavy atom. The fourth-order valence-corrected chi connectivity index (χ4v) is 3.32. The largest absolute Gasteiger partial charge is 0.481 e. The first-order valence-corrected chi connectivity index (χ1v) is 7.37. The van der Waals surface area contributed by atoms with Crippen molar-refractivity contribution in [3.63, 3.8) is 0 Å². The molecule has 6 heteroatoms. The summed E-state index contributed by atoms with van der Waals surface area (Å²) in [6.07, 6.45) is 3.48. The molecule has 0 radical (unpaired) electrons. The van der Waals surface area contributed by atoms with Crippen LogP contribution < -0.4 is 5.32 Å². The van der Waals surface area contributed by atoms with Crippen molar-refractivity contribution in [2.24, 2.45) is 11.8 Å². The van der Waals surface area contributed by atoms with Gasteiger partial charge in [0, 0.05) is 13.1 Å². The van der Waals surface area contributed by atoms with Gasteiger partial charge in [0.05, 0.1) is 11.8 Å². The fraction of sp³-hybridized carbons (Fsp3) is 0.786. The normalized spacial score (nSPS) is 30.8. The number of nitrogens with one attached hydrogen (secondary N) is 1. The number of piperazine rings is 1. The summed E-state index contributed by atoms with van der Waals surface area (Å²) in [5, 5.41) is 12.0. The summed E-state index contributed by atoms with van der Waals surface area (Å²) in [6.45, 7) is 2.79. The van der Waals surface area contributed by atoms with E-state index in [-0.39, 0.29) is 11.8 Å². The smallest absolute Gasteiger partial charge is 0.307 e. The van der Waals surface area contributed by atoms with E-state index in [4.69, 9.17) is 0 Å². The Hall–Kier alpha value is -1.59. The lowest BCUT2D eigenvalue weighted by molar-refractivity contribution is -0.155. The highest BCUT2D eigenvalue weighted by molar-refractivity contribution is 5.91. The van der Waals surface area contributed by atoms with E-state index in [1.54, 1.807) is 4.90 Å². The topological polar surface area (TPSA) is 86.7 Å². The maximum absolute atomic E-state index is 12.7. The molecule has 1 heterocycles. The van der Waals surface area contributed by atoms with Crippen LogP contribution in [0, 0.1) is 11.8 Å². The quantitative estimate of drug-likeness (QED) is 0.794. The van der Waals surface area contributed by atoms with Gasteiger partial charge in [0.25, 0.3) is 0 Å².